The zero-order valence-electron chi connectivity index (χ0n) is 15.1. The van der Waals surface area contributed by atoms with Gasteiger partial charge in [-0.25, -0.2) is 9.98 Å². The Bertz CT molecular complexity index is 884. The first-order valence-corrected chi connectivity index (χ1v) is 8.44. The number of anilines is 1. The maximum absolute atomic E-state index is 5.97. The number of aliphatic imine (C=N–C) groups is 1. The Kier molecular flexibility index (Phi) is 8.06. The number of nitrogens with one attached hydrogen (secondary N) is 1. The predicted molar refractivity (Wildman–Crippen MR) is 121 cm³/mol. The van der Waals surface area contributed by atoms with E-state index in [1.165, 1.54) is 0 Å². The van der Waals surface area contributed by atoms with Crippen LogP contribution in [0.4, 0.5) is 5.69 Å². The maximum Gasteiger partial charge on any atom is 0.213 e. The van der Waals surface area contributed by atoms with Crippen LogP contribution in [0.1, 0.15) is 16.7 Å². The minimum atomic E-state index is 0. The summed E-state index contributed by atoms with van der Waals surface area (Å²) < 4.78 is 5.74. The van der Waals surface area contributed by atoms with Gasteiger partial charge in [0.1, 0.15) is 6.61 Å². The molecule has 27 heavy (non-hydrogen) atoms. The fourth-order valence-electron chi connectivity index (χ4n) is 2.45. The lowest BCUT2D eigenvalue weighted by Gasteiger charge is -2.08. The van der Waals surface area contributed by atoms with Crippen LogP contribution in [0, 0.1) is 6.92 Å². The number of ether oxygens (including phenoxy) is 1. The van der Waals surface area contributed by atoms with E-state index in [0.29, 0.717) is 25.0 Å². The van der Waals surface area contributed by atoms with Crippen LogP contribution in [0.25, 0.3) is 0 Å². The summed E-state index contributed by atoms with van der Waals surface area (Å²) in [6.07, 6.45) is 1.72. The lowest BCUT2D eigenvalue weighted by molar-refractivity contribution is 0.293. The molecule has 3 aromatic rings. The second-order valence-corrected chi connectivity index (χ2v) is 5.97. The summed E-state index contributed by atoms with van der Waals surface area (Å²) in [6, 6.07) is 21.8. The number of hydrogen-bond acceptors (Lipinski definition) is 3. The molecular weight excluding hydrogens is 451 g/mol. The zero-order chi connectivity index (χ0) is 18.2. The summed E-state index contributed by atoms with van der Waals surface area (Å²) in [7, 11) is 0. The van der Waals surface area contributed by atoms with Gasteiger partial charge in [-0.2, -0.15) is 0 Å². The summed E-state index contributed by atoms with van der Waals surface area (Å²) in [5.41, 5.74) is 10.1. The van der Waals surface area contributed by atoms with Crippen molar-refractivity contribution in [3.8, 4) is 5.88 Å². The zero-order valence-corrected chi connectivity index (χ0v) is 17.5. The molecule has 0 fully saturated rings. The standard InChI is InChI=1S/C21H22N4O.HI/c1-16-6-5-9-19(12-16)25-21(22)24-14-18-10-11-23-20(13-18)26-15-17-7-3-2-4-8-17;/h2-13H,14-15H2,1H3,(H3,22,24,25);1H. The van der Waals surface area contributed by atoms with Gasteiger partial charge in [0.15, 0.2) is 5.96 Å². The quantitative estimate of drug-likeness (QED) is 0.313. The molecule has 2 aromatic carbocycles. The van der Waals surface area contributed by atoms with Gasteiger partial charge in [-0.1, -0.05) is 42.5 Å². The van der Waals surface area contributed by atoms with Gasteiger partial charge >= 0.3 is 0 Å². The summed E-state index contributed by atoms with van der Waals surface area (Å²) >= 11 is 0. The first-order valence-electron chi connectivity index (χ1n) is 8.44. The van der Waals surface area contributed by atoms with Crippen molar-refractivity contribution in [2.45, 2.75) is 20.1 Å². The monoisotopic (exact) mass is 474 g/mol. The number of guanidine groups is 1. The molecule has 0 spiro atoms. The van der Waals surface area contributed by atoms with Crippen LogP contribution >= 0.6 is 24.0 Å². The number of nitrogens with zero attached hydrogens (tertiary/aromatic N) is 2. The Balaban J connectivity index is 0.00000261. The molecule has 5 nitrogen and oxygen atoms in total. The third kappa shape index (κ3) is 6.90. The molecular formula is C21H23IN4O. The van der Waals surface area contributed by atoms with Gasteiger partial charge in [0.25, 0.3) is 0 Å². The van der Waals surface area contributed by atoms with Gasteiger partial charge in [0, 0.05) is 18.0 Å². The highest BCUT2D eigenvalue weighted by atomic mass is 127. The van der Waals surface area contributed by atoms with E-state index < -0.39 is 0 Å². The van der Waals surface area contributed by atoms with E-state index in [4.69, 9.17) is 10.5 Å². The smallest absolute Gasteiger partial charge is 0.213 e. The number of hydrogen-bond donors (Lipinski definition) is 2. The molecule has 3 rings (SSSR count). The molecule has 3 N–H and O–H groups in total. The number of nitrogens with two attached hydrogens (primary N) is 1. The van der Waals surface area contributed by atoms with E-state index >= 15 is 0 Å². The fraction of sp³-hybridized carbons (Fsp3) is 0.143. The maximum atomic E-state index is 5.97. The number of aryl methyl sites for hydroxylation is 1. The molecule has 0 unspecified atom stereocenters. The van der Waals surface area contributed by atoms with Gasteiger partial charge in [-0.15, -0.1) is 24.0 Å². The Morgan fingerprint density at radius 3 is 2.63 bits per heavy atom. The number of rotatable bonds is 6. The van der Waals surface area contributed by atoms with Crippen LogP contribution in [-0.4, -0.2) is 10.9 Å². The van der Waals surface area contributed by atoms with Crippen LogP contribution in [0.5, 0.6) is 5.88 Å². The Morgan fingerprint density at radius 1 is 1.04 bits per heavy atom. The normalized spacial score (nSPS) is 10.8. The van der Waals surface area contributed by atoms with Crippen molar-refractivity contribution < 1.29 is 4.74 Å². The molecule has 0 saturated carbocycles. The lowest BCUT2D eigenvalue weighted by atomic mass is 10.2. The van der Waals surface area contributed by atoms with Crippen molar-refractivity contribution in [2.75, 3.05) is 5.32 Å². The lowest BCUT2D eigenvalue weighted by Crippen LogP contribution is -2.22. The Hall–Kier alpha value is -2.61. The first-order chi connectivity index (χ1) is 12.7. The predicted octanol–water partition coefficient (Wildman–Crippen LogP) is 4.51. The molecule has 0 atom stereocenters. The molecule has 0 bridgehead atoms. The minimum absolute atomic E-state index is 0. The summed E-state index contributed by atoms with van der Waals surface area (Å²) in [6.45, 7) is 2.97. The van der Waals surface area contributed by atoms with E-state index in [1.54, 1.807) is 6.20 Å². The molecule has 140 valence electrons. The highest BCUT2D eigenvalue weighted by Crippen LogP contribution is 2.13. The molecule has 0 aliphatic heterocycles. The highest BCUT2D eigenvalue weighted by molar-refractivity contribution is 14.0. The topological polar surface area (TPSA) is 72.5 Å². The van der Waals surface area contributed by atoms with E-state index in [-0.39, 0.29) is 24.0 Å². The van der Waals surface area contributed by atoms with Crippen LogP contribution in [0.3, 0.4) is 0 Å². The van der Waals surface area contributed by atoms with Crippen LogP contribution in [0.2, 0.25) is 0 Å². The van der Waals surface area contributed by atoms with Gasteiger partial charge in [-0.05, 0) is 41.8 Å². The van der Waals surface area contributed by atoms with Gasteiger partial charge in [-0.3, -0.25) is 0 Å². The summed E-state index contributed by atoms with van der Waals surface area (Å²) in [4.78, 5) is 8.62. The Morgan fingerprint density at radius 2 is 1.85 bits per heavy atom. The van der Waals surface area contributed by atoms with Crippen molar-refractivity contribution >= 4 is 35.6 Å². The van der Waals surface area contributed by atoms with Crippen LogP contribution < -0.4 is 15.8 Å². The average Bonchev–Trinajstić information content (AvgIpc) is 2.66. The number of benzene rings is 2. The summed E-state index contributed by atoms with van der Waals surface area (Å²) in [5, 5.41) is 3.10. The second-order valence-electron chi connectivity index (χ2n) is 5.97. The molecule has 0 radical (unpaired) electrons. The number of aromatic nitrogens is 1. The highest BCUT2D eigenvalue weighted by Gasteiger charge is 2.01. The SMILES string of the molecule is Cc1cccc(NC(N)=NCc2ccnc(OCc3ccccc3)c2)c1.I. The second kappa shape index (κ2) is 10.5. The molecule has 6 heteroatoms. The first kappa shape index (κ1) is 20.7. The van der Waals surface area contributed by atoms with Crippen molar-refractivity contribution in [1.82, 2.24) is 4.98 Å². The fourth-order valence-corrected chi connectivity index (χ4v) is 2.45. The third-order valence-electron chi connectivity index (χ3n) is 3.75. The summed E-state index contributed by atoms with van der Waals surface area (Å²) in [5.74, 6) is 0.950. The van der Waals surface area contributed by atoms with Gasteiger partial charge in [0.2, 0.25) is 5.88 Å². The van der Waals surface area contributed by atoms with E-state index in [2.05, 4.69) is 15.3 Å². The number of pyridine rings is 1. The van der Waals surface area contributed by atoms with Crippen molar-refractivity contribution in [1.29, 1.82) is 0 Å². The minimum Gasteiger partial charge on any atom is -0.473 e. The van der Waals surface area contributed by atoms with E-state index in [0.717, 1.165) is 22.4 Å². The van der Waals surface area contributed by atoms with Crippen molar-refractivity contribution in [2.24, 2.45) is 10.7 Å². The molecule has 0 saturated heterocycles. The van der Waals surface area contributed by atoms with Crippen molar-refractivity contribution in [3.05, 3.63) is 89.6 Å². The van der Waals surface area contributed by atoms with E-state index in [1.807, 2.05) is 73.7 Å². The van der Waals surface area contributed by atoms with Gasteiger partial charge < -0.3 is 15.8 Å². The van der Waals surface area contributed by atoms with Crippen molar-refractivity contribution in [3.63, 3.8) is 0 Å². The average molecular weight is 474 g/mol. The van der Waals surface area contributed by atoms with E-state index in [9.17, 15) is 0 Å². The largest absolute Gasteiger partial charge is 0.473 e. The number of halogens is 1. The molecule has 1 aromatic heterocycles. The van der Waals surface area contributed by atoms with Crippen LogP contribution in [0.15, 0.2) is 77.9 Å². The molecule has 1 heterocycles. The van der Waals surface area contributed by atoms with Crippen LogP contribution in [-0.2, 0) is 13.2 Å². The Labute approximate surface area is 176 Å². The molecule has 0 aliphatic carbocycles. The molecule has 0 amide bonds. The third-order valence-corrected chi connectivity index (χ3v) is 3.75. The molecule has 0 aliphatic rings. The van der Waals surface area contributed by atoms with Gasteiger partial charge in [0.05, 0.1) is 6.54 Å².